The minimum Gasteiger partial charge on any atom is -0.480 e. The van der Waals surface area contributed by atoms with Gasteiger partial charge in [0.2, 0.25) is 0 Å². The van der Waals surface area contributed by atoms with Gasteiger partial charge in [-0.05, 0) is 12.8 Å². The van der Waals surface area contributed by atoms with Gasteiger partial charge < -0.3 is 15.7 Å². The maximum absolute atomic E-state index is 11.7. The number of hydrogen-bond donors (Lipinski definition) is 3. The number of carbonyl (C=O) groups is 2. The molecule has 0 aliphatic heterocycles. The van der Waals surface area contributed by atoms with Crippen LogP contribution in [0.5, 0.6) is 0 Å². The van der Waals surface area contributed by atoms with Crippen LogP contribution in [0.1, 0.15) is 37.9 Å². The summed E-state index contributed by atoms with van der Waals surface area (Å²) in [6, 6.07) is -1.32. The van der Waals surface area contributed by atoms with Crippen LogP contribution in [0.2, 0.25) is 0 Å². The average molecular weight is 282 g/mol. The number of nitrogens with one attached hydrogen (secondary N) is 2. The number of rotatable bonds is 7. The van der Waals surface area contributed by atoms with Crippen LogP contribution in [0.3, 0.4) is 0 Å². The van der Waals surface area contributed by atoms with E-state index in [1.54, 1.807) is 4.68 Å². The summed E-state index contributed by atoms with van der Waals surface area (Å²) in [6.07, 6.45) is 3.74. The number of amides is 2. The van der Waals surface area contributed by atoms with Crippen molar-refractivity contribution in [2.45, 2.75) is 45.7 Å². The fourth-order valence-electron chi connectivity index (χ4n) is 1.96. The third-order valence-electron chi connectivity index (χ3n) is 2.95. The van der Waals surface area contributed by atoms with E-state index in [4.69, 9.17) is 5.11 Å². The molecule has 1 aromatic rings. The molecule has 3 N–H and O–H groups in total. The Bertz CT molecular complexity index is 470. The van der Waals surface area contributed by atoms with Crippen LogP contribution in [0, 0.1) is 0 Å². The van der Waals surface area contributed by atoms with E-state index in [9.17, 15) is 9.59 Å². The first-order chi connectivity index (χ1) is 9.47. The fraction of sp³-hybridized carbons (Fsp3) is 0.615. The molecule has 0 unspecified atom stereocenters. The van der Waals surface area contributed by atoms with E-state index in [-0.39, 0.29) is 0 Å². The first kappa shape index (κ1) is 16.0. The second-order valence-electron chi connectivity index (χ2n) is 4.63. The molecule has 0 bridgehead atoms. The molecular formula is C13H22N4O3. The van der Waals surface area contributed by atoms with E-state index in [1.165, 1.54) is 0 Å². The maximum atomic E-state index is 11.7. The lowest BCUT2D eigenvalue weighted by molar-refractivity contribution is -0.139. The quantitative estimate of drug-likeness (QED) is 0.696. The number of urea groups is 1. The van der Waals surface area contributed by atoms with Crippen molar-refractivity contribution in [2.24, 2.45) is 7.05 Å². The van der Waals surface area contributed by atoms with Crippen LogP contribution in [0.4, 0.5) is 4.79 Å². The minimum absolute atomic E-state index is 0.335. The van der Waals surface area contributed by atoms with Gasteiger partial charge in [0.05, 0.1) is 5.69 Å². The predicted molar refractivity (Wildman–Crippen MR) is 74.3 cm³/mol. The van der Waals surface area contributed by atoms with Crippen molar-refractivity contribution in [1.29, 1.82) is 0 Å². The van der Waals surface area contributed by atoms with E-state index in [0.29, 0.717) is 19.4 Å². The Morgan fingerprint density at radius 2 is 2.15 bits per heavy atom. The average Bonchev–Trinajstić information content (AvgIpc) is 2.76. The Morgan fingerprint density at radius 3 is 2.70 bits per heavy atom. The summed E-state index contributed by atoms with van der Waals surface area (Å²) >= 11 is 0. The smallest absolute Gasteiger partial charge is 0.326 e. The third kappa shape index (κ3) is 4.56. The molecule has 0 spiro atoms. The molecule has 7 nitrogen and oxygen atoms in total. The van der Waals surface area contributed by atoms with Crippen LogP contribution in [0.15, 0.2) is 6.20 Å². The molecule has 0 aliphatic carbocycles. The summed E-state index contributed by atoms with van der Waals surface area (Å²) in [5.74, 6) is -1.02. The van der Waals surface area contributed by atoms with Crippen molar-refractivity contribution in [3.05, 3.63) is 17.5 Å². The number of carbonyl (C=O) groups excluding carboxylic acids is 1. The van der Waals surface area contributed by atoms with Gasteiger partial charge in [0, 0.05) is 25.4 Å². The SMILES string of the molecule is CCC[C@@H](NC(=O)NCc1cn(C)nc1CC)C(=O)O. The van der Waals surface area contributed by atoms with Gasteiger partial charge in [-0.25, -0.2) is 9.59 Å². The van der Waals surface area contributed by atoms with Crippen molar-refractivity contribution in [1.82, 2.24) is 20.4 Å². The number of aryl methyl sites for hydroxylation is 2. The number of carboxylic acids is 1. The number of aliphatic carboxylic acids is 1. The van der Waals surface area contributed by atoms with Crippen LogP contribution in [-0.2, 0) is 24.8 Å². The molecule has 1 atom stereocenters. The fourth-order valence-corrected chi connectivity index (χ4v) is 1.96. The van der Waals surface area contributed by atoms with Crippen LogP contribution >= 0.6 is 0 Å². The Balaban J connectivity index is 2.52. The van der Waals surface area contributed by atoms with E-state index in [0.717, 1.165) is 17.7 Å². The Morgan fingerprint density at radius 1 is 1.45 bits per heavy atom. The highest BCUT2D eigenvalue weighted by molar-refractivity contribution is 5.82. The first-order valence-electron chi connectivity index (χ1n) is 6.76. The van der Waals surface area contributed by atoms with Gasteiger partial charge in [0.1, 0.15) is 6.04 Å². The van der Waals surface area contributed by atoms with E-state index >= 15 is 0 Å². The zero-order chi connectivity index (χ0) is 15.1. The molecule has 1 aromatic heterocycles. The molecule has 0 saturated carbocycles. The summed E-state index contributed by atoms with van der Waals surface area (Å²) in [5.41, 5.74) is 1.86. The highest BCUT2D eigenvalue weighted by Crippen LogP contribution is 2.06. The molecular weight excluding hydrogens is 260 g/mol. The summed E-state index contributed by atoms with van der Waals surface area (Å²) in [6.45, 7) is 4.20. The Hall–Kier alpha value is -2.05. The van der Waals surface area contributed by atoms with Gasteiger partial charge >= 0.3 is 12.0 Å². The van der Waals surface area contributed by atoms with Gasteiger partial charge in [-0.15, -0.1) is 0 Å². The van der Waals surface area contributed by atoms with Crippen LogP contribution < -0.4 is 10.6 Å². The van der Waals surface area contributed by atoms with Crippen molar-refractivity contribution in [2.75, 3.05) is 0 Å². The molecule has 0 fully saturated rings. The van der Waals surface area contributed by atoms with Gasteiger partial charge in [0.15, 0.2) is 0 Å². The molecule has 0 aliphatic rings. The predicted octanol–water partition coefficient (Wildman–Crippen LogP) is 1.03. The van der Waals surface area contributed by atoms with Gasteiger partial charge in [-0.2, -0.15) is 5.10 Å². The lowest BCUT2D eigenvalue weighted by Crippen LogP contribution is -2.45. The molecule has 1 heterocycles. The van der Waals surface area contributed by atoms with E-state index in [1.807, 2.05) is 27.1 Å². The summed E-state index contributed by atoms with van der Waals surface area (Å²) in [4.78, 5) is 22.6. The second-order valence-corrected chi connectivity index (χ2v) is 4.63. The zero-order valence-corrected chi connectivity index (χ0v) is 12.1. The van der Waals surface area contributed by atoms with Gasteiger partial charge in [-0.1, -0.05) is 20.3 Å². The van der Waals surface area contributed by atoms with Crippen molar-refractivity contribution in [3.8, 4) is 0 Å². The number of hydrogen-bond acceptors (Lipinski definition) is 3. The molecule has 0 saturated heterocycles. The minimum atomic E-state index is -1.02. The topological polar surface area (TPSA) is 96.3 Å². The zero-order valence-electron chi connectivity index (χ0n) is 12.1. The highest BCUT2D eigenvalue weighted by atomic mass is 16.4. The third-order valence-corrected chi connectivity index (χ3v) is 2.95. The molecule has 112 valence electrons. The molecule has 20 heavy (non-hydrogen) atoms. The number of carboxylic acid groups (broad SMARTS) is 1. The molecule has 1 rings (SSSR count). The Kier molecular flexibility index (Phi) is 6.02. The van der Waals surface area contributed by atoms with Crippen LogP contribution in [-0.4, -0.2) is 32.9 Å². The normalized spacial score (nSPS) is 11.9. The van der Waals surface area contributed by atoms with Crippen LogP contribution in [0.25, 0.3) is 0 Å². The second kappa shape index (κ2) is 7.52. The summed E-state index contributed by atoms with van der Waals surface area (Å²) < 4.78 is 1.70. The monoisotopic (exact) mass is 282 g/mol. The lowest BCUT2D eigenvalue weighted by atomic mass is 10.2. The summed E-state index contributed by atoms with van der Waals surface area (Å²) in [7, 11) is 1.82. The molecule has 0 radical (unpaired) electrons. The van der Waals surface area contributed by atoms with Gasteiger partial charge in [-0.3, -0.25) is 4.68 Å². The van der Waals surface area contributed by atoms with Gasteiger partial charge in [0.25, 0.3) is 0 Å². The highest BCUT2D eigenvalue weighted by Gasteiger charge is 2.18. The standard InChI is InChI=1S/C13H22N4O3/c1-4-6-11(12(18)19)15-13(20)14-7-9-8-17(3)16-10(9)5-2/h8,11H,4-7H2,1-3H3,(H,18,19)(H2,14,15,20)/t11-/m1/s1. The van der Waals surface area contributed by atoms with E-state index in [2.05, 4.69) is 15.7 Å². The summed E-state index contributed by atoms with van der Waals surface area (Å²) in [5, 5.41) is 18.4. The maximum Gasteiger partial charge on any atom is 0.326 e. The lowest BCUT2D eigenvalue weighted by Gasteiger charge is -2.14. The molecule has 7 heteroatoms. The van der Waals surface area contributed by atoms with Crippen molar-refractivity contribution in [3.63, 3.8) is 0 Å². The molecule has 2 amide bonds. The number of aromatic nitrogens is 2. The Labute approximate surface area is 118 Å². The van der Waals surface area contributed by atoms with Crippen molar-refractivity contribution < 1.29 is 14.7 Å². The molecule has 0 aromatic carbocycles. The largest absolute Gasteiger partial charge is 0.480 e. The van der Waals surface area contributed by atoms with Crippen molar-refractivity contribution >= 4 is 12.0 Å². The first-order valence-corrected chi connectivity index (χ1v) is 6.76. The van der Waals surface area contributed by atoms with E-state index < -0.39 is 18.0 Å². The number of nitrogens with zero attached hydrogens (tertiary/aromatic N) is 2.